The lowest BCUT2D eigenvalue weighted by atomic mass is 10.2. The van der Waals surface area contributed by atoms with Gasteiger partial charge in [0.2, 0.25) is 0 Å². The van der Waals surface area contributed by atoms with Crippen molar-refractivity contribution in [3.05, 3.63) is 42.0 Å². The number of methoxy groups -OCH3 is 1. The molecule has 0 aromatic heterocycles. The molecule has 1 rings (SSSR count). The molecule has 0 aliphatic heterocycles. The summed E-state index contributed by atoms with van der Waals surface area (Å²) >= 11 is 0. The third kappa shape index (κ3) is 14.5. The maximum Gasteiger partial charge on any atom is 0.330 e. The maximum atomic E-state index is 11.1. The molecule has 3 heteroatoms. The highest BCUT2D eigenvalue weighted by Gasteiger charge is 1.95. The molecule has 0 spiro atoms. The minimum absolute atomic E-state index is 0.286. The Morgan fingerprint density at radius 3 is 2.15 bits per heavy atom. The molecule has 3 nitrogen and oxygen atoms in total. The van der Waals surface area contributed by atoms with Crippen molar-refractivity contribution in [2.75, 3.05) is 20.3 Å². The van der Waals surface area contributed by atoms with Gasteiger partial charge in [0.05, 0.1) is 6.61 Å². The largest absolute Gasteiger partial charge is 0.460 e. The van der Waals surface area contributed by atoms with E-state index in [1.54, 1.807) is 13.2 Å². The number of ether oxygens (including phenoxy) is 2. The van der Waals surface area contributed by atoms with Gasteiger partial charge in [-0.1, -0.05) is 64.4 Å². The molecule has 1 aromatic carbocycles. The molecule has 0 radical (unpaired) electrons. The van der Waals surface area contributed by atoms with Crippen LogP contribution in [0.15, 0.2) is 36.4 Å². The van der Waals surface area contributed by atoms with Gasteiger partial charge in [0.15, 0.2) is 0 Å². The van der Waals surface area contributed by atoms with Crippen LogP contribution in [0.5, 0.6) is 0 Å². The number of hydrogen-bond donors (Lipinski definition) is 0. The van der Waals surface area contributed by atoms with Crippen LogP contribution >= 0.6 is 0 Å². The average molecular weight is 280 g/mol. The minimum Gasteiger partial charge on any atom is -0.460 e. The fraction of sp³-hybridized carbons (Fsp3) is 0.471. The lowest BCUT2D eigenvalue weighted by Crippen LogP contribution is -2.06. The molecule has 114 valence electrons. The number of esters is 1. The van der Waals surface area contributed by atoms with Gasteiger partial charge in [-0.25, -0.2) is 4.79 Å². The van der Waals surface area contributed by atoms with Crippen molar-refractivity contribution in [3.63, 3.8) is 0 Å². The van der Waals surface area contributed by atoms with E-state index in [1.807, 2.05) is 44.2 Å². The first-order valence-electron chi connectivity index (χ1n) is 7.13. The normalized spacial score (nSPS) is 9.05. The molecule has 0 atom stereocenters. The van der Waals surface area contributed by atoms with Crippen molar-refractivity contribution in [3.8, 4) is 0 Å². The summed E-state index contributed by atoms with van der Waals surface area (Å²) in [6.45, 7) is 8.96. The van der Waals surface area contributed by atoms with Gasteiger partial charge < -0.3 is 9.47 Å². The Morgan fingerprint density at radius 2 is 1.65 bits per heavy atom. The van der Waals surface area contributed by atoms with Crippen LogP contribution in [-0.4, -0.2) is 26.3 Å². The van der Waals surface area contributed by atoms with Gasteiger partial charge in [-0.3, -0.25) is 0 Å². The van der Waals surface area contributed by atoms with Gasteiger partial charge in [0.1, 0.15) is 6.61 Å². The molecule has 0 N–H and O–H groups in total. The van der Waals surface area contributed by atoms with Crippen molar-refractivity contribution < 1.29 is 14.3 Å². The summed E-state index contributed by atoms with van der Waals surface area (Å²) < 4.78 is 9.61. The van der Waals surface area contributed by atoms with Gasteiger partial charge in [0.25, 0.3) is 0 Å². The Balaban J connectivity index is 0. The number of carbonyl (C=O) groups is 1. The summed E-state index contributed by atoms with van der Waals surface area (Å²) in [5.41, 5.74) is 0.973. The molecule has 0 saturated heterocycles. The van der Waals surface area contributed by atoms with E-state index in [-0.39, 0.29) is 12.6 Å². The SMILES string of the molecule is CC.CCC.COCCOC(=O)/C=C/c1ccccc1. The second-order valence-corrected chi connectivity index (χ2v) is 3.61. The molecule has 0 amide bonds. The molecule has 0 fully saturated rings. The summed E-state index contributed by atoms with van der Waals surface area (Å²) in [5, 5.41) is 0. The van der Waals surface area contributed by atoms with Crippen molar-refractivity contribution in [1.29, 1.82) is 0 Å². The minimum atomic E-state index is -0.351. The highest BCUT2D eigenvalue weighted by atomic mass is 16.6. The second-order valence-electron chi connectivity index (χ2n) is 3.61. The third-order valence-corrected chi connectivity index (χ3v) is 1.74. The Bertz CT molecular complexity index is 331. The number of rotatable bonds is 5. The number of carbonyl (C=O) groups excluding carboxylic acids is 1. The Labute approximate surface area is 123 Å². The topological polar surface area (TPSA) is 35.5 Å². The fourth-order valence-electron chi connectivity index (χ4n) is 1.00. The first-order chi connectivity index (χ1) is 9.74. The zero-order valence-corrected chi connectivity index (χ0v) is 13.4. The Hall–Kier alpha value is -1.61. The molecule has 0 aliphatic rings. The first-order valence-corrected chi connectivity index (χ1v) is 7.13. The van der Waals surface area contributed by atoms with E-state index in [1.165, 1.54) is 12.5 Å². The molecule has 1 aromatic rings. The monoisotopic (exact) mass is 280 g/mol. The number of hydrogen-bond acceptors (Lipinski definition) is 3. The van der Waals surface area contributed by atoms with Crippen LogP contribution in [0.2, 0.25) is 0 Å². The molecule has 0 saturated carbocycles. The van der Waals surface area contributed by atoms with E-state index in [2.05, 4.69) is 13.8 Å². The standard InChI is InChI=1S/C12H14O3.C3H8.C2H6/c1-14-9-10-15-12(13)8-7-11-5-3-2-4-6-11;1-3-2;1-2/h2-8H,9-10H2,1H3;3H2,1-2H3;1-2H3/b8-7+;;. The van der Waals surface area contributed by atoms with E-state index in [0.717, 1.165) is 5.56 Å². The maximum absolute atomic E-state index is 11.1. The first kappa shape index (κ1) is 20.7. The van der Waals surface area contributed by atoms with E-state index in [4.69, 9.17) is 9.47 Å². The zero-order chi connectivity index (χ0) is 15.6. The van der Waals surface area contributed by atoms with Crippen molar-refractivity contribution in [1.82, 2.24) is 0 Å². The fourth-order valence-corrected chi connectivity index (χ4v) is 1.00. The summed E-state index contributed by atoms with van der Waals surface area (Å²) in [6.07, 6.45) is 4.38. The lowest BCUT2D eigenvalue weighted by molar-refractivity contribution is -0.138. The predicted octanol–water partition coefficient (Wildman–Crippen LogP) is 4.33. The predicted molar refractivity (Wildman–Crippen MR) is 85.6 cm³/mol. The van der Waals surface area contributed by atoms with Crippen LogP contribution in [0.25, 0.3) is 6.08 Å². The lowest BCUT2D eigenvalue weighted by Gasteiger charge is -1.99. The quantitative estimate of drug-likeness (QED) is 0.457. The highest BCUT2D eigenvalue weighted by Crippen LogP contribution is 2.00. The van der Waals surface area contributed by atoms with Crippen LogP contribution in [0.4, 0.5) is 0 Å². The summed E-state index contributed by atoms with van der Waals surface area (Å²) in [7, 11) is 1.56. The van der Waals surface area contributed by atoms with E-state index >= 15 is 0 Å². The van der Waals surface area contributed by atoms with Gasteiger partial charge in [-0.2, -0.15) is 0 Å². The van der Waals surface area contributed by atoms with Crippen LogP contribution in [0, 0.1) is 0 Å². The van der Waals surface area contributed by atoms with Gasteiger partial charge in [-0.15, -0.1) is 0 Å². The Morgan fingerprint density at radius 1 is 1.10 bits per heavy atom. The van der Waals surface area contributed by atoms with Crippen LogP contribution in [-0.2, 0) is 14.3 Å². The summed E-state index contributed by atoms with van der Waals surface area (Å²) in [5.74, 6) is -0.351. The van der Waals surface area contributed by atoms with Crippen molar-refractivity contribution in [2.24, 2.45) is 0 Å². The average Bonchev–Trinajstić information content (AvgIpc) is 2.49. The summed E-state index contributed by atoms with van der Waals surface area (Å²) in [6, 6.07) is 9.58. The zero-order valence-electron chi connectivity index (χ0n) is 13.4. The van der Waals surface area contributed by atoms with E-state index in [0.29, 0.717) is 6.61 Å². The smallest absolute Gasteiger partial charge is 0.330 e. The molecular formula is C17H28O3. The molecule has 0 bridgehead atoms. The van der Waals surface area contributed by atoms with Crippen LogP contribution in [0.1, 0.15) is 39.7 Å². The number of benzene rings is 1. The van der Waals surface area contributed by atoms with Gasteiger partial charge in [-0.05, 0) is 11.6 Å². The van der Waals surface area contributed by atoms with E-state index in [9.17, 15) is 4.79 Å². The van der Waals surface area contributed by atoms with E-state index < -0.39 is 0 Å². The second kappa shape index (κ2) is 17.4. The van der Waals surface area contributed by atoms with Crippen molar-refractivity contribution >= 4 is 12.0 Å². The van der Waals surface area contributed by atoms with Crippen LogP contribution in [0.3, 0.4) is 0 Å². The summed E-state index contributed by atoms with van der Waals surface area (Å²) in [4.78, 5) is 11.1. The molecule has 20 heavy (non-hydrogen) atoms. The third-order valence-electron chi connectivity index (χ3n) is 1.74. The molecular weight excluding hydrogens is 252 g/mol. The van der Waals surface area contributed by atoms with Gasteiger partial charge >= 0.3 is 5.97 Å². The molecule has 0 aliphatic carbocycles. The van der Waals surface area contributed by atoms with Crippen molar-refractivity contribution in [2.45, 2.75) is 34.1 Å². The van der Waals surface area contributed by atoms with Crippen LogP contribution < -0.4 is 0 Å². The molecule has 0 heterocycles. The highest BCUT2D eigenvalue weighted by molar-refractivity contribution is 5.86. The Kier molecular flexibility index (Phi) is 18.0. The van der Waals surface area contributed by atoms with Gasteiger partial charge in [0, 0.05) is 13.2 Å². The molecule has 0 unspecified atom stereocenters.